The lowest BCUT2D eigenvalue weighted by Crippen LogP contribution is -2.53. The van der Waals surface area contributed by atoms with E-state index in [2.05, 4.69) is 43.1 Å². The van der Waals surface area contributed by atoms with Crippen LogP contribution in [-0.2, 0) is 17.6 Å². The molecular weight excluding hydrogens is 439 g/mol. The first kappa shape index (κ1) is 24.3. The van der Waals surface area contributed by atoms with E-state index in [4.69, 9.17) is 4.74 Å². The van der Waals surface area contributed by atoms with Gasteiger partial charge in [0.25, 0.3) is 0 Å². The minimum absolute atomic E-state index is 0.0388. The van der Waals surface area contributed by atoms with Crippen LogP contribution in [0.3, 0.4) is 0 Å². The van der Waals surface area contributed by atoms with E-state index < -0.39 is 0 Å². The fourth-order valence-electron chi connectivity index (χ4n) is 6.20. The van der Waals surface area contributed by atoms with Gasteiger partial charge in [0.05, 0.1) is 6.04 Å². The first-order valence-corrected chi connectivity index (χ1v) is 13.4. The molecule has 5 heteroatoms. The van der Waals surface area contributed by atoms with Crippen LogP contribution in [0.5, 0.6) is 0 Å². The number of aryl methyl sites for hydroxylation is 2. The summed E-state index contributed by atoms with van der Waals surface area (Å²) in [6.07, 6.45) is 6.97. The van der Waals surface area contributed by atoms with E-state index in [0.717, 1.165) is 68.4 Å². The Morgan fingerprint density at radius 3 is 2.57 bits per heavy atom. The van der Waals surface area contributed by atoms with Crippen molar-refractivity contribution in [3.63, 3.8) is 0 Å². The Kier molecular flexibility index (Phi) is 6.89. The van der Waals surface area contributed by atoms with Crippen LogP contribution in [0.25, 0.3) is 11.1 Å². The molecule has 3 aliphatic heterocycles. The van der Waals surface area contributed by atoms with Gasteiger partial charge in [-0.25, -0.2) is 9.18 Å². The fourth-order valence-corrected chi connectivity index (χ4v) is 6.20. The lowest BCUT2D eigenvalue weighted by atomic mass is 9.70. The molecule has 2 aromatic rings. The molecule has 2 bridgehead atoms. The molecule has 3 heterocycles. The van der Waals surface area contributed by atoms with E-state index in [1.165, 1.54) is 18.4 Å². The minimum Gasteiger partial charge on any atom is -0.445 e. The predicted molar refractivity (Wildman–Crippen MR) is 138 cm³/mol. The number of nitrogens with zero attached hydrogens (tertiary/aromatic N) is 1. The van der Waals surface area contributed by atoms with Gasteiger partial charge >= 0.3 is 6.09 Å². The smallest absolute Gasteiger partial charge is 0.407 e. The van der Waals surface area contributed by atoms with E-state index in [0.29, 0.717) is 11.5 Å². The molecule has 1 amide bonds. The van der Waals surface area contributed by atoms with Crippen LogP contribution in [0.15, 0.2) is 36.4 Å². The van der Waals surface area contributed by atoms with Crippen molar-refractivity contribution in [2.24, 2.45) is 11.3 Å². The SMILES string of the molecule is CCCCc1ccc(-c2cc3c(cc2F)[C@H](NC(=O)O[C@H]2CN4CCC2CC4)C(C)(C)CC3)cc1. The van der Waals surface area contributed by atoms with Crippen molar-refractivity contribution in [2.45, 2.75) is 77.9 Å². The van der Waals surface area contributed by atoms with E-state index >= 15 is 4.39 Å². The molecule has 0 aromatic heterocycles. The molecule has 188 valence electrons. The van der Waals surface area contributed by atoms with Crippen LogP contribution < -0.4 is 5.32 Å². The largest absolute Gasteiger partial charge is 0.445 e. The highest BCUT2D eigenvalue weighted by Crippen LogP contribution is 2.45. The molecule has 3 saturated heterocycles. The molecule has 0 radical (unpaired) electrons. The Morgan fingerprint density at radius 1 is 1.17 bits per heavy atom. The Morgan fingerprint density at radius 2 is 1.91 bits per heavy atom. The van der Waals surface area contributed by atoms with Crippen LogP contribution in [-0.4, -0.2) is 36.7 Å². The predicted octanol–water partition coefficient (Wildman–Crippen LogP) is 6.67. The monoisotopic (exact) mass is 478 g/mol. The number of nitrogens with one attached hydrogen (secondary N) is 1. The van der Waals surface area contributed by atoms with E-state index in [-0.39, 0.29) is 29.5 Å². The van der Waals surface area contributed by atoms with Gasteiger partial charge in [0.2, 0.25) is 0 Å². The van der Waals surface area contributed by atoms with Gasteiger partial charge in [-0.2, -0.15) is 0 Å². The van der Waals surface area contributed by atoms with Crippen molar-refractivity contribution in [3.05, 3.63) is 58.9 Å². The molecule has 0 spiro atoms. The highest BCUT2D eigenvalue weighted by Gasteiger charge is 2.40. The van der Waals surface area contributed by atoms with Gasteiger partial charge in [-0.3, -0.25) is 4.90 Å². The molecule has 1 N–H and O–H groups in total. The highest BCUT2D eigenvalue weighted by molar-refractivity contribution is 5.70. The molecule has 4 aliphatic rings. The van der Waals surface area contributed by atoms with Gasteiger partial charge in [0.15, 0.2) is 0 Å². The van der Waals surface area contributed by atoms with Crippen LogP contribution in [0, 0.1) is 17.2 Å². The molecule has 4 nitrogen and oxygen atoms in total. The summed E-state index contributed by atoms with van der Waals surface area (Å²) in [5, 5.41) is 3.14. The van der Waals surface area contributed by atoms with E-state index in [9.17, 15) is 4.79 Å². The summed E-state index contributed by atoms with van der Waals surface area (Å²) in [4.78, 5) is 15.4. The van der Waals surface area contributed by atoms with Crippen molar-refractivity contribution >= 4 is 6.09 Å². The molecule has 2 aromatic carbocycles. The number of hydrogen-bond donors (Lipinski definition) is 1. The third-order valence-corrected chi connectivity index (χ3v) is 8.56. The summed E-state index contributed by atoms with van der Waals surface area (Å²) in [6.45, 7) is 9.54. The molecular formula is C30H39FN2O2. The number of amides is 1. The second-order valence-corrected chi connectivity index (χ2v) is 11.5. The molecule has 6 rings (SSSR count). The third-order valence-electron chi connectivity index (χ3n) is 8.56. The second kappa shape index (κ2) is 9.93. The number of fused-ring (bicyclic) bond motifs is 4. The summed E-state index contributed by atoms with van der Waals surface area (Å²) in [6, 6.07) is 11.7. The van der Waals surface area contributed by atoms with E-state index in [1.807, 2.05) is 18.2 Å². The molecule has 3 fully saturated rings. The van der Waals surface area contributed by atoms with Crippen LogP contribution in [0.4, 0.5) is 9.18 Å². The molecule has 35 heavy (non-hydrogen) atoms. The Balaban J connectivity index is 1.35. The zero-order chi connectivity index (χ0) is 24.6. The topological polar surface area (TPSA) is 41.6 Å². The van der Waals surface area contributed by atoms with Gasteiger partial charge in [-0.1, -0.05) is 51.5 Å². The van der Waals surface area contributed by atoms with E-state index in [1.54, 1.807) is 6.07 Å². The number of benzene rings is 2. The van der Waals surface area contributed by atoms with Crippen molar-refractivity contribution in [2.75, 3.05) is 19.6 Å². The average Bonchev–Trinajstić information content (AvgIpc) is 2.85. The highest BCUT2D eigenvalue weighted by atomic mass is 19.1. The fraction of sp³-hybridized carbons (Fsp3) is 0.567. The lowest BCUT2D eigenvalue weighted by Gasteiger charge is -2.44. The second-order valence-electron chi connectivity index (χ2n) is 11.5. The summed E-state index contributed by atoms with van der Waals surface area (Å²) < 4.78 is 21.4. The first-order chi connectivity index (χ1) is 16.8. The standard InChI is InChI=1S/C30H39FN2O2/c1-4-5-6-20-7-9-21(10-8-20)24-17-23-11-14-30(2,3)28(25(23)18-26(24)31)32-29(34)35-27-19-33-15-12-22(27)13-16-33/h7-10,17-18,22,27-28H,4-6,11-16,19H2,1-3H3,(H,32,34)/t27-,28-/m0/s1. The first-order valence-electron chi connectivity index (χ1n) is 13.4. The maximum Gasteiger partial charge on any atom is 0.407 e. The molecule has 0 saturated carbocycles. The number of halogens is 1. The normalized spacial score (nSPS) is 26.7. The number of piperidine rings is 3. The van der Waals surface area contributed by atoms with Crippen LogP contribution >= 0.6 is 0 Å². The van der Waals surface area contributed by atoms with Gasteiger partial charge in [-0.05, 0) is 97.3 Å². The number of carbonyl (C=O) groups excluding carboxylic acids is 1. The maximum absolute atomic E-state index is 15.5. The van der Waals surface area contributed by atoms with Crippen LogP contribution in [0.2, 0.25) is 0 Å². The number of ether oxygens (including phenoxy) is 1. The Bertz CT molecular complexity index is 1060. The minimum atomic E-state index is -0.373. The van der Waals surface area contributed by atoms with Crippen LogP contribution in [0.1, 0.15) is 75.6 Å². The number of hydrogen-bond acceptors (Lipinski definition) is 3. The van der Waals surface area contributed by atoms with Gasteiger partial charge in [-0.15, -0.1) is 0 Å². The molecule has 2 atom stereocenters. The lowest BCUT2D eigenvalue weighted by molar-refractivity contribution is -0.0353. The Hall–Kier alpha value is -2.40. The number of carbonyl (C=O) groups is 1. The number of alkyl carbamates (subject to hydrolysis) is 1. The van der Waals surface area contributed by atoms with Crippen molar-refractivity contribution in [3.8, 4) is 11.1 Å². The molecule has 0 unspecified atom stereocenters. The van der Waals surface area contributed by atoms with Crippen molar-refractivity contribution < 1.29 is 13.9 Å². The van der Waals surface area contributed by atoms with Crippen molar-refractivity contribution in [1.29, 1.82) is 0 Å². The number of unbranched alkanes of at least 4 members (excludes halogenated alkanes) is 1. The zero-order valence-electron chi connectivity index (χ0n) is 21.4. The Labute approximate surface area is 209 Å². The van der Waals surface area contributed by atoms with Gasteiger partial charge < -0.3 is 10.1 Å². The zero-order valence-corrected chi connectivity index (χ0v) is 21.4. The number of rotatable bonds is 6. The molecule has 1 aliphatic carbocycles. The maximum atomic E-state index is 15.5. The summed E-state index contributed by atoms with van der Waals surface area (Å²) in [7, 11) is 0. The third kappa shape index (κ3) is 5.11. The summed E-state index contributed by atoms with van der Waals surface area (Å²) in [5.74, 6) is 0.228. The van der Waals surface area contributed by atoms with Gasteiger partial charge in [0.1, 0.15) is 11.9 Å². The quantitative estimate of drug-likeness (QED) is 0.504. The van der Waals surface area contributed by atoms with Gasteiger partial charge in [0, 0.05) is 12.1 Å². The van der Waals surface area contributed by atoms with Crippen molar-refractivity contribution in [1.82, 2.24) is 10.2 Å². The summed E-state index contributed by atoms with van der Waals surface area (Å²) in [5.41, 5.74) is 4.65. The average molecular weight is 479 g/mol. The summed E-state index contributed by atoms with van der Waals surface area (Å²) >= 11 is 0.